The second-order valence-electron chi connectivity index (χ2n) is 8.39. The molecule has 0 heterocycles. The number of carbonyl (C=O) groups is 1. The molecular formula is C24H48O5. The summed E-state index contributed by atoms with van der Waals surface area (Å²) in [6.45, 7) is 2.45. The lowest BCUT2D eigenvalue weighted by Crippen LogP contribution is -2.32. The number of hydrogen-bond acceptors (Lipinski definition) is 4. The largest absolute Gasteiger partial charge is 0.481 e. The van der Waals surface area contributed by atoms with Crippen LogP contribution in [0, 0.1) is 0 Å². The van der Waals surface area contributed by atoms with Crippen LogP contribution in [0.2, 0.25) is 0 Å². The Kier molecular flexibility index (Phi) is 21.6. The number of carboxylic acid groups (broad SMARTS) is 1. The minimum absolute atomic E-state index is 0.134. The summed E-state index contributed by atoms with van der Waals surface area (Å²) in [7, 11) is 0. The van der Waals surface area contributed by atoms with E-state index in [1.807, 2.05) is 0 Å². The van der Waals surface area contributed by atoms with Gasteiger partial charge in [0.05, 0.1) is 12.7 Å². The highest BCUT2D eigenvalue weighted by Crippen LogP contribution is 2.15. The number of ether oxygens (including phenoxy) is 1. The predicted molar refractivity (Wildman–Crippen MR) is 119 cm³/mol. The van der Waals surface area contributed by atoms with Gasteiger partial charge in [0.15, 0.2) is 0 Å². The normalized spacial score (nSPS) is 13.5. The Morgan fingerprint density at radius 3 is 1.69 bits per heavy atom. The average Bonchev–Trinajstić information content (AvgIpc) is 2.70. The maximum absolute atomic E-state index is 10.5. The zero-order chi connectivity index (χ0) is 21.6. The Balaban J connectivity index is 3.42. The SMILES string of the molecule is CCCCCCCCCCCCCCCC[C@H](O)[C@H](CO)OCCCCC(=O)O. The van der Waals surface area contributed by atoms with Gasteiger partial charge in [-0.15, -0.1) is 0 Å². The van der Waals surface area contributed by atoms with Crippen molar-refractivity contribution < 1.29 is 24.9 Å². The van der Waals surface area contributed by atoms with Crippen molar-refractivity contribution in [3.05, 3.63) is 0 Å². The van der Waals surface area contributed by atoms with Crippen LogP contribution >= 0.6 is 0 Å². The monoisotopic (exact) mass is 416 g/mol. The van der Waals surface area contributed by atoms with E-state index in [-0.39, 0.29) is 13.0 Å². The second-order valence-corrected chi connectivity index (χ2v) is 8.39. The fraction of sp³-hybridized carbons (Fsp3) is 0.958. The van der Waals surface area contributed by atoms with Crippen molar-refractivity contribution in [1.29, 1.82) is 0 Å². The van der Waals surface area contributed by atoms with Gasteiger partial charge in [-0.05, 0) is 19.3 Å². The van der Waals surface area contributed by atoms with Gasteiger partial charge < -0.3 is 20.1 Å². The molecule has 0 radical (unpaired) electrons. The molecule has 0 rings (SSSR count). The van der Waals surface area contributed by atoms with Gasteiger partial charge in [0.25, 0.3) is 0 Å². The van der Waals surface area contributed by atoms with E-state index in [1.165, 1.54) is 77.0 Å². The number of aliphatic hydroxyl groups is 2. The first-order valence-electron chi connectivity index (χ1n) is 12.2. The van der Waals surface area contributed by atoms with E-state index in [0.717, 1.165) is 12.8 Å². The summed E-state index contributed by atoms with van der Waals surface area (Å²) >= 11 is 0. The molecule has 0 unspecified atom stereocenters. The van der Waals surface area contributed by atoms with Crippen molar-refractivity contribution in [2.24, 2.45) is 0 Å². The third kappa shape index (κ3) is 20.4. The van der Waals surface area contributed by atoms with E-state index < -0.39 is 18.2 Å². The second kappa shape index (κ2) is 22.0. The van der Waals surface area contributed by atoms with Crippen molar-refractivity contribution >= 4 is 5.97 Å². The average molecular weight is 417 g/mol. The quantitative estimate of drug-likeness (QED) is 0.182. The Bertz CT molecular complexity index is 348. The Labute approximate surface area is 179 Å². The molecule has 0 aliphatic carbocycles. The topological polar surface area (TPSA) is 87.0 Å². The maximum Gasteiger partial charge on any atom is 0.303 e. The first kappa shape index (κ1) is 28.4. The number of aliphatic carboxylic acids is 1. The summed E-state index contributed by atoms with van der Waals surface area (Å²) < 4.78 is 5.51. The number of aliphatic hydroxyl groups excluding tert-OH is 2. The van der Waals surface area contributed by atoms with E-state index in [9.17, 15) is 15.0 Å². The zero-order valence-corrected chi connectivity index (χ0v) is 19.0. The van der Waals surface area contributed by atoms with Crippen LogP contribution in [0.5, 0.6) is 0 Å². The standard InChI is InChI=1S/C24H48O5/c1-2-3-4-5-6-7-8-9-10-11-12-13-14-15-18-22(26)23(21-25)29-20-17-16-19-24(27)28/h22-23,25-26H,2-21H2,1H3,(H,27,28)/t22-,23-/m0/s1. The molecule has 0 aromatic heterocycles. The van der Waals surface area contributed by atoms with Gasteiger partial charge in [-0.1, -0.05) is 96.8 Å². The number of rotatable bonds is 23. The van der Waals surface area contributed by atoms with Crippen molar-refractivity contribution in [1.82, 2.24) is 0 Å². The predicted octanol–water partition coefficient (Wildman–Crippen LogP) is 5.85. The molecule has 0 bridgehead atoms. The molecule has 0 aliphatic heterocycles. The molecule has 174 valence electrons. The van der Waals surface area contributed by atoms with E-state index in [2.05, 4.69) is 6.92 Å². The van der Waals surface area contributed by atoms with Gasteiger partial charge in [-0.2, -0.15) is 0 Å². The summed E-state index contributed by atoms with van der Waals surface area (Å²) in [6.07, 6.45) is 19.1. The van der Waals surface area contributed by atoms with Crippen LogP contribution in [-0.4, -0.2) is 46.7 Å². The molecule has 0 aromatic carbocycles. The van der Waals surface area contributed by atoms with Crippen molar-refractivity contribution in [2.45, 2.75) is 135 Å². The molecule has 0 fully saturated rings. The number of hydrogen-bond donors (Lipinski definition) is 3. The van der Waals surface area contributed by atoms with Crippen LogP contribution in [0.25, 0.3) is 0 Å². The summed E-state index contributed by atoms with van der Waals surface area (Å²) in [5, 5.41) is 28.1. The third-order valence-corrected chi connectivity index (χ3v) is 5.58. The van der Waals surface area contributed by atoms with Crippen molar-refractivity contribution in [3.8, 4) is 0 Å². The van der Waals surface area contributed by atoms with Crippen molar-refractivity contribution in [2.75, 3.05) is 13.2 Å². The molecule has 2 atom stereocenters. The number of unbranched alkanes of at least 4 members (excludes halogenated alkanes) is 14. The summed E-state index contributed by atoms with van der Waals surface area (Å²) in [5.74, 6) is -0.804. The summed E-state index contributed by atoms with van der Waals surface area (Å²) in [5.41, 5.74) is 0. The molecular weight excluding hydrogens is 368 g/mol. The van der Waals surface area contributed by atoms with Gasteiger partial charge in [-0.25, -0.2) is 0 Å². The fourth-order valence-electron chi connectivity index (χ4n) is 3.63. The summed E-state index contributed by atoms with van der Waals surface area (Å²) in [4.78, 5) is 10.5. The van der Waals surface area contributed by atoms with Crippen molar-refractivity contribution in [3.63, 3.8) is 0 Å². The van der Waals surface area contributed by atoms with Crippen LogP contribution in [-0.2, 0) is 9.53 Å². The van der Waals surface area contributed by atoms with Gasteiger partial charge in [0.2, 0.25) is 0 Å². The number of carboxylic acids is 1. The van der Waals surface area contributed by atoms with Crippen LogP contribution in [0.3, 0.4) is 0 Å². The summed E-state index contributed by atoms with van der Waals surface area (Å²) in [6, 6.07) is 0. The third-order valence-electron chi connectivity index (χ3n) is 5.58. The van der Waals surface area contributed by atoms with E-state index >= 15 is 0 Å². The van der Waals surface area contributed by atoms with Crippen LogP contribution in [0.4, 0.5) is 0 Å². The van der Waals surface area contributed by atoms with Gasteiger partial charge in [0, 0.05) is 13.0 Å². The molecule has 0 spiro atoms. The fourth-order valence-corrected chi connectivity index (χ4v) is 3.63. The van der Waals surface area contributed by atoms with Gasteiger partial charge >= 0.3 is 5.97 Å². The molecule has 0 aliphatic rings. The molecule has 0 aromatic rings. The molecule has 5 heteroatoms. The first-order chi connectivity index (χ1) is 14.1. The highest BCUT2D eigenvalue weighted by Gasteiger charge is 2.18. The Morgan fingerprint density at radius 1 is 0.759 bits per heavy atom. The minimum atomic E-state index is -0.804. The van der Waals surface area contributed by atoms with Gasteiger partial charge in [-0.3, -0.25) is 4.79 Å². The maximum atomic E-state index is 10.5. The van der Waals surface area contributed by atoms with Crippen LogP contribution in [0.15, 0.2) is 0 Å². The van der Waals surface area contributed by atoms with Gasteiger partial charge in [0.1, 0.15) is 6.10 Å². The Hall–Kier alpha value is -0.650. The van der Waals surface area contributed by atoms with E-state index in [4.69, 9.17) is 9.84 Å². The molecule has 0 saturated carbocycles. The Morgan fingerprint density at radius 2 is 1.24 bits per heavy atom. The van der Waals surface area contributed by atoms with E-state index in [0.29, 0.717) is 25.9 Å². The van der Waals surface area contributed by atoms with E-state index in [1.54, 1.807) is 0 Å². The lowest BCUT2D eigenvalue weighted by molar-refractivity contribution is -0.137. The lowest BCUT2D eigenvalue weighted by atomic mass is 10.0. The molecule has 29 heavy (non-hydrogen) atoms. The van der Waals surface area contributed by atoms with Crippen LogP contribution < -0.4 is 0 Å². The smallest absolute Gasteiger partial charge is 0.303 e. The highest BCUT2D eigenvalue weighted by atomic mass is 16.5. The first-order valence-corrected chi connectivity index (χ1v) is 12.2. The lowest BCUT2D eigenvalue weighted by Gasteiger charge is -2.21. The molecule has 5 nitrogen and oxygen atoms in total. The molecule has 0 amide bonds. The molecule has 0 saturated heterocycles. The zero-order valence-electron chi connectivity index (χ0n) is 19.0. The molecule has 3 N–H and O–H groups in total. The van der Waals surface area contributed by atoms with Crippen LogP contribution in [0.1, 0.15) is 122 Å². The highest BCUT2D eigenvalue weighted by molar-refractivity contribution is 5.66. The minimum Gasteiger partial charge on any atom is -0.481 e.